The Bertz CT molecular complexity index is 550. The summed E-state index contributed by atoms with van der Waals surface area (Å²) in [5.74, 6) is 6.17. The van der Waals surface area contributed by atoms with E-state index in [2.05, 4.69) is 27.7 Å². The van der Waals surface area contributed by atoms with E-state index in [0.29, 0.717) is 5.41 Å². The van der Waals surface area contributed by atoms with Crippen molar-refractivity contribution in [2.24, 2.45) is 46.8 Å². The predicted octanol–water partition coefficient (Wildman–Crippen LogP) is 5.04. The molecule has 1 heterocycles. The number of hydrogen-bond donors (Lipinski definition) is 1. The number of hydrogen-bond acceptors (Lipinski definition) is 2. The predicted molar refractivity (Wildman–Crippen MR) is 100 cm³/mol. The Balaban J connectivity index is 1.41. The van der Waals surface area contributed by atoms with Crippen LogP contribution in [0.2, 0.25) is 0 Å². The third-order valence-corrected chi connectivity index (χ3v) is 9.89. The van der Waals surface area contributed by atoms with Crippen LogP contribution in [0.25, 0.3) is 0 Å². The molecule has 0 bridgehead atoms. The summed E-state index contributed by atoms with van der Waals surface area (Å²) in [7, 11) is 0. The Hall–Kier alpha value is -0.0800. The van der Waals surface area contributed by atoms with E-state index >= 15 is 0 Å². The second-order valence-corrected chi connectivity index (χ2v) is 11.5. The van der Waals surface area contributed by atoms with Crippen molar-refractivity contribution in [3.63, 3.8) is 0 Å². The molecule has 0 radical (unpaired) electrons. The second kappa shape index (κ2) is 5.25. The van der Waals surface area contributed by atoms with E-state index in [0.717, 1.165) is 60.9 Å². The molecule has 0 aromatic carbocycles. The molecular formula is C23H38O2. The minimum Gasteiger partial charge on any atom is -0.390 e. The average molecular weight is 347 g/mol. The standard InChI is InChI=1S/C23H38O2/c1-14-11-19(23(4)13-25-23)22(3)10-8-17-16-7-9-21(2,24)12-15(16)5-6-18(17)20(14)22/h14-20,24H,5-13H2,1-4H3/t14-,15-,16+,17-,18-,19+,20+,21-,22-,23?/m1/s1. The van der Waals surface area contributed by atoms with Crippen molar-refractivity contribution in [2.75, 3.05) is 6.61 Å². The van der Waals surface area contributed by atoms with Crippen molar-refractivity contribution in [1.29, 1.82) is 0 Å². The molecule has 1 unspecified atom stereocenters. The number of fused-ring (bicyclic) bond motifs is 5. The molecule has 4 saturated carbocycles. The lowest BCUT2D eigenvalue weighted by atomic mass is 9.48. The first kappa shape index (κ1) is 17.0. The van der Waals surface area contributed by atoms with E-state index in [1.54, 1.807) is 0 Å². The van der Waals surface area contributed by atoms with Gasteiger partial charge in [0.05, 0.1) is 17.8 Å². The third-order valence-electron chi connectivity index (χ3n) is 9.89. The molecular weight excluding hydrogens is 308 g/mol. The van der Waals surface area contributed by atoms with Crippen molar-refractivity contribution in [3.05, 3.63) is 0 Å². The van der Waals surface area contributed by atoms with Gasteiger partial charge >= 0.3 is 0 Å². The zero-order chi connectivity index (χ0) is 17.6. The highest BCUT2D eigenvalue weighted by atomic mass is 16.6. The van der Waals surface area contributed by atoms with Gasteiger partial charge in [-0.1, -0.05) is 13.8 Å². The quantitative estimate of drug-likeness (QED) is 0.675. The summed E-state index contributed by atoms with van der Waals surface area (Å²) < 4.78 is 5.96. The van der Waals surface area contributed by atoms with Crippen LogP contribution in [0.1, 0.15) is 79.1 Å². The Morgan fingerprint density at radius 3 is 2.36 bits per heavy atom. The monoisotopic (exact) mass is 346 g/mol. The summed E-state index contributed by atoms with van der Waals surface area (Å²) in [4.78, 5) is 0. The lowest BCUT2D eigenvalue weighted by Gasteiger charge is -2.58. The van der Waals surface area contributed by atoms with E-state index in [1.807, 2.05) is 0 Å². The number of aliphatic hydroxyl groups is 1. The van der Waals surface area contributed by atoms with Crippen LogP contribution < -0.4 is 0 Å². The molecule has 0 aromatic heterocycles. The van der Waals surface area contributed by atoms with E-state index in [-0.39, 0.29) is 11.2 Å². The average Bonchev–Trinajstić information content (AvgIpc) is 3.22. The molecule has 10 atom stereocenters. The summed E-state index contributed by atoms with van der Waals surface area (Å²) in [5, 5.41) is 10.6. The first-order valence-corrected chi connectivity index (χ1v) is 11.1. The van der Waals surface area contributed by atoms with Gasteiger partial charge in [-0.2, -0.15) is 0 Å². The van der Waals surface area contributed by atoms with Crippen LogP contribution in [0.4, 0.5) is 0 Å². The Morgan fingerprint density at radius 1 is 0.920 bits per heavy atom. The van der Waals surface area contributed by atoms with Gasteiger partial charge in [0.25, 0.3) is 0 Å². The fourth-order valence-electron chi connectivity index (χ4n) is 8.88. The molecule has 25 heavy (non-hydrogen) atoms. The Morgan fingerprint density at radius 2 is 1.64 bits per heavy atom. The lowest BCUT2D eigenvalue weighted by Crippen LogP contribution is -2.52. The number of rotatable bonds is 1. The molecule has 1 saturated heterocycles. The molecule has 0 aromatic rings. The maximum atomic E-state index is 10.6. The smallest absolute Gasteiger partial charge is 0.0921 e. The molecule has 0 amide bonds. The van der Waals surface area contributed by atoms with Crippen LogP contribution in [0, 0.1) is 46.8 Å². The molecule has 1 N–H and O–H groups in total. The van der Waals surface area contributed by atoms with E-state index < -0.39 is 0 Å². The fourth-order valence-corrected chi connectivity index (χ4v) is 8.88. The molecule has 2 nitrogen and oxygen atoms in total. The maximum Gasteiger partial charge on any atom is 0.0921 e. The van der Waals surface area contributed by atoms with Crippen molar-refractivity contribution in [2.45, 2.75) is 90.3 Å². The van der Waals surface area contributed by atoms with Crippen molar-refractivity contribution in [1.82, 2.24) is 0 Å². The summed E-state index contributed by atoms with van der Waals surface area (Å²) in [6, 6.07) is 0. The van der Waals surface area contributed by atoms with Gasteiger partial charge in [0, 0.05) is 0 Å². The van der Waals surface area contributed by atoms with Crippen molar-refractivity contribution < 1.29 is 9.84 Å². The van der Waals surface area contributed by atoms with E-state index in [9.17, 15) is 5.11 Å². The molecule has 5 aliphatic rings. The highest BCUT2D eigenvalue weighted by Crippen LogP contribution is 2.69. The maximum absolute atomic E-state index is 10.6. The highest BCUT2D eigenvalue weighted by molar-refractivity contribution is 5.14. The molecule has 5 rings (SSSR count). The van der Waals surface area contributed by atoms with Gasteiger partial charge < -0.3 is 9.84 Å². The van der Waals surface area contributed by atoms with Crippen LogP contribution in [0.3, 0.4) is 0 Å². The zero-order valence-corrected chi connectivity index (χ0v) is 16.8. The SMILES string of the molecule is C[C@@H]1C[C@H](C2(C)CO2)[C@@]2(C)CC[C@H]3[C@@H](CC[C@@H]4C[C@](C)(O)CC[C@@H]43)[C@H]12. The third kappa shape index (κ3) is 2.42. The van der Waals surface area contributed by atoms with Crippen LogP contribution >= 0.6 is 0 Å². The number of epoxide rings is 1. The van der Waals surface area contributed by atoms with Gasteiger partial charge in [-0.15, -0.1) is 0 Å². The van der Waals surface area contributed by atoms with Gasteiger partial charge in [0.2, 0.25) is 0 Å². The fraction of sp³-hybridized carbons (Fsp3) is 1.00. The Labute approximate surface area is 154 Å². The molecule has 142 valence electrons. The van der Waals surface area contributed by atoms with Gasteiger partial charge in [0.1, 0.15) is 0 Å². The largest absolute Gasteiger partial charge is 0.390 e. The molecule has 1 aliphatic heterocycles. The van der Waals surface area contributed by atoms with Crippen molar-refractivity contribution >= 4 is 0 Å². The minimum absolute atomic E-state index is 0.200. The second-order valence-electron chi connectivity index (χ2n) is 11.5. The van der Waals surface area contributed by atoms with E-state index in [4.69, 9.17) is 4.74 Å². The van der Waals surface area contributed by atoms with E-state index in [1.165, 1.54) is 38.5 Å². The van der Waals surface area contributed by atoms with Crippen LogP contribution in [-0.4, -0.2) is 22.9 Å². The molecule has 5 fully saturated rings. The molecule has 2 heteroatoms. The van der Waals surface area contributed by atoms with Gasteiger partial charge in [0.15, 0.2) is 0 Å². The highest BCUT2D eigenvalue weighted by Gasteiger charge is 2.65. The summed E-state index contributed by atoms with van der Waals surface area (Å²) >= 11 is 0. The summed E-state index contributed by atoms with van der Waals surface area (Å²) in [6.07, 6.45) is 10.4. The summed E-state index contributed by atoms with van der Waals surface area (Å²) in [5.41, 5.74) is 0.324. The lowest BCUT2D eigenvalue weighted by molar-refractivity contribution is -0.109. The number of ether oxygens (including phenoxy) is 1. The van der Waals surface area contributed by atoms with Gasteiger partial charge in [-0.05, 0) is 112 Å². The normalized spacial score (nSPS) is 63.5. The van der Waals surface area contributed by atoms with Gasteiger partial charge in [-0.25, -0.2) is 0 Å². The van der Waals surface area contributed by atoms with Crippen LogP contribution in [-0.2, 0) is 4.74 Å². The van der Waals surface area contributed by atoms with Crippen LogP contribution in [0.5, 0.6) is 0 Å². The van der Waals surface area contributed by atoms with Gasteiger partial charge in [-0.3, -0.25) is 0 Å². The molecule has 4 aliphatic carbocycles. The minimum atomic E-state index is -0.388. The first-order chi connectivity index (χ1) is 11.7. The first-order valence-electron chi connectivity index (χ1n) is 11.1. The Kier molecular flexibility index (Phi) is 3.58. The van der Waals surface area contributed by atoms with Crippen molar-refractivity contribution in [3.8, 4) is 0 Å². The topological polar surface area (TPSA) is 32.8 Å². The zero-order valence-electron chi connectivity index (χ0n) is 16.8. The van der Waals surface area contributed by atoms with Crippen LogP contribution in [0.15, 0.2) is 0 Å². The molecule has 0 spiro atoms. The summed E-state index contributed by atoms with van der Waals surface area (Å²) in [6.45, 7) is 10.6.